The molecule has 1 fully saturated rings. The van der Waals surface area contributed by atoms with Crippen LogP contribution in [-0.2, 0) is 4.74 Å². The lowest BCUT2D eigenvalue weighted by atomic mass is 10.2. The van der Waals surface area contributed by atoms with Crippen molar-refractivity contribution in [2.75, 3.05) is 36.5 Å². The van der Waals surface area contributed by atoms with Gasteiger partial charge in [0.25, 0.3) is 5.91 Å². The van der Waals surface area contributed by atoms with Gasteiger partial charge in [0, 0.05) is 23.2 Å². The predicted molar refractivity (Wildman–Crippen MR) is 90.5 cm³/mol. The van der Waals surface area contributed by atoms with Crippen molar-refractivity contribution in [1.82, 2.24) is 0 Å². The van der Waals surface area contributed by atoms with Crippen molar-refractivity contribution < 1.29 is 18.9 Å². The fraction of sp³-hybridized carbons (Fsp3) is 0.267. The summed E-state index contributed by atoms with van der Waals surface area (Å²) in [6.45, 7) is 2.98. The van der Waals surface area contributed by atoms with E-state index >= 15 is 0 Å². The number of nitrogens with one attached hydrogen (secondary N) is 1. The average Bonchev–Trinajstić information content (AvgIpc) is 3.06. The molecule has 1 N–H and O–H groups in total. The summed E-state index contributed by atoms with van der Waals surface area (Å²) in [5.74, 6) is -1.13. The van der Waals surface area contributed by atoms with Crippen LogP contribution in [0.4, 0.5) is 17.3 Å². The summed E-state index contributed by atoms with van der Waals surface area (Å²) in [6, 6.07) is 7.86. The van der Waals surface area contributed by atoms with E-state index in [1.54, 1.807) is 12.1 Å². The van der Waals surface area contributed by atoms with Crippen LogP contribution in [0.15, 0.2) is 39.2 Å². The van der Waals surface area contributed by atoms with Gasteiger partial charge in [-0.2, -0.15) is 0 Å². The molecule has 1 aliphatic rings. The van der Waals surface area contributed by atoms with Crippen molar-refractivity contribution >= 4 is 39.1 Å². The molecule has 24 heavy (non-hydrogen) atoms. The number of rotatable bonds is 4. The average molecular weight is 396 g/mol. The maximum absolute atomic E-state index is 12.1. The Morgan fingerprint density at radius 3 is 2.62 bits per heavy atom. The number of anilines is 2. The van der Waals surface area contributed by atoms with Gasteiger partial charge in [-0.05, 0) is 40.2 Å². The zero-order valence-electron chi connectivity index (χ0n) is 12.5. The van der Waals surface area contributed by atoms with Crippen molar-refractivity contribution in [2.24, 2.45) is 0 Å². The third-order valence-corrected chi connectivity index (χ3v) is 4.19. The molecule has 1 aromatic heterocycles. The summed E-state index contributed by atoms with van der Waals surface area (Å²) in [6.07, 6.45) is 0. The van der Waals surface area contributed by atoms with Crippen LogP contribution in [-0.4, -0.2) is 37.1 Å². The summed E-state index contributed by atoms with van der Waals surface area (Å²) >= 11 is 3.51. The number of hydrogen-bond acceptors (Lipinski definition) is 6. The lowest BCUT2D eigenvalue weighted by Gasteiger charge is -2.29. The Kier molecular flexibility index (Phi) is 4.81. The molecule has 1 amide bonds. The molecule has 0 atom stereocenters. The number of nitro groups is 1. The standard InChI is InChI=1S/C15H14BrN3O5/c16-11-9-10(1-2-12(11)18-5-7-23-8-6-18)17-15(20)13-3-4-14(24-13)19(21)22/h1-4,9H,5-8H2,(H,17,20). The molecule has 0 unspecified atom stereocenters. The number of ether oxygens (including phenoxy) is 1. The van der Waals surface area contributed by atoms with Crippen LogP contribution in [0.5, 0.6) is 0 Å². The first-order chi connectivity index (χ1) is 11.5. The lowest BCUT2D eigenvalue weighted by molar-refractivity contribution is -0.402. The third kappa shape index (κ3) is 3.57. The van der Waals surface area contributed by atoms with E-state index in [1.165, 1.54) is 6.07 Å². The van der Waals surface area contributed by atoms with E-state index in [0.717, 1.165) is 29.3 Å². The molecule has 2 heterocycles. The van der Waals surface area contributed by atoms with Crippen LogP contribution in [0.3, 0.4) is 0 Å². The highest BCUT2D eigenvalue weighted by molar-refractivity contribution is 9.10. The maximum atomic E-state index is 12.1. The maximum Gasteiger partial charge on any atom is 0.433 e. The minimum atomic E-state index is -0.690. The molecule has 1 aromatic carbocycles. The topological polar surface area (TPSA) is 97.9 Å². The minimum absolute atomic E-state index is 0.116. The van der Waals surface area contributed by atoms with Gasteiger partial charge in [0.1, 0.15) is 4.92 Å². The summed E-state index contributed by atoms with van der Waals surface area (Å²) in [7, 11) is 0. The van der Waals surface area contributed by atoms with Crippen LogP contribution < -0.4 is 10.2 Å². The van der Waals surface area contributed by atoms with Gasteiger partial charge >= 0.3 is 5.88 Å². The van der Waals surface area contributed by atoms with E-state index in [1.807, 2.05) is 6.07 Å². The number of hydrogen-bond donors (Lipinski definition) is 1. The number of benzene rings is 1. The third-order valence-electron chi connectivity index (χ3n) is 3.55. The smallest absolute Gasteiger partial charge is 0.395 e. The van der Waals surface area contributed by atoms with Crippen molar-refractivity contribution in [3.63, 3.8) is 0 Å². The Labute approximate surface area is 145 Å². The Morgan fingerprint density at radius 1 is 1.25 bits per heavy atom. The van der Waals surface area contributed by atoms with E-state index < -0.39 is 16.7 Å². The fourth-order valence-corrected chi connectivity index (χ4v) is 3.02. The van der Waals surface area contributed by atoms with Gasteiger partial charge in [-0.1, -0.05) is 0 Å². The first-order valence-corrected chi connectivity index (χ1v) is 8.02. The van der Waals surface area contributed by atoms with Gasteiger partial charge in [0.05, 0.1) is 25.0 Å². The summed E-state index contributed by atoms with van der Waals surface area (Å²) in [5, 5.41) is 13.2. The molecule has 0 radical (unpaired) electrons. The van der Waals surface area contributed by atoms with Crippen LogP contribution in [0.1, 0.15) is 10.6 Å². The first kappa shape index (κ1) is 16.5. The van der Waals surface area contributed by atoms with Crippen LogP contribution in [0.2, 0.25) is 0 Å². The molecular formula is C15H14BrN3O5. The monoisotopic (exact) mass is 395 g/mol. The Bertz CT molecular complexity index is 770. The number of nitrogens with zero attached hydrogens (tertiary/aromatic N) is 2. The van der Waals surface area contributed by atoms with Gasteiger partial charge in [0.15, 0.2) is 5.76 Å². The number of carbonyl (C=O) groups is 1. The van der Waals surface area contributed by atoms with Crippen LogP contribution in [0.25, 0.3) is 0 Å². The molecule has 0 saturated carbocycles. The van der Waals surface area contributed by atoms with E-state index in [9.17, 15) is 14.9 Å². The number of amides is 1. The molecule has 1 aliphatic heterocycles. The second kappa shape index (κ2) is 7.02. The molecule has 9 heteroatoms. The Balaban J connectivity index is 1.71. The molecule has 0 aliphatic carbocycles. The second-order valence-corrected chi connectivity index (χ2v) is 5.97. The number of halogens is 1. The largest absolute Gasteiger partial charge is 0.433 e. The van der Waals surface area contributed by atoms with Gasteiger partial charge in [-0.25, -0.2) is 0 Å². The number of furan rings is 1. The quantitative estimate of drug-likeness (QED) is 0.630. The SMILES string of the molecule is O=C(Nc1ccc(N2CCOCC2)c(Br)c1)c1ccc([N+](=O)[O-])o1. The van der Waals surface area contributed by atoms with Crippen molar-refractivity contribution in [3.05, 3.63) is 50.7 Å². The van der Waals surface area contributed by atoms with Gasteiger partial charge in [-0.3, -0.25) is 14.9 Å². The number of carbonyl (C=O) groups excluding carboxylic acids is 1. The van der Waals surface area contributed by atoms with Crippen molar-refractivity contribution in [3.8, 4) is 0 Å². The normalized spacial score (nSPS) is 14.5. The summed E-state index contributed by atoms with van der Waals surface area (Å²) < 4.78 is 11.1. The lowest BCUT2D eigenvalue weighted by Crippen LogP contribution is -2.36. The zero-order chi connectivity index (χ0) is 17.1. The Hall–Kier alpha value is -2.39. The number of morpholine rings is 1. The van der Waals surface area contributed by atoms with Gasteiger partial charge in [0.2, 0.25) is 0 Å². The molecule has 3 rings (SSSR count). The molecule has 2 aromatic rings. The first-order valence-electron chi connectivity index (χ1n) is 7.22. The highest BCUT2D eigenvalue weighted by atomic mass is 79.9. The summed E-state index contributed by atoms with van der Waals surface area (Å²) in [4.78, 5) is 24.2. The molecule has 1 saturated heterocycles. The van der Waals surface area contributed by atoms with Gasteiger partial charge in [-0.15, -0.1) is 0 Å². The second-order valence-electron chi connectivity index (χ2n) is 5.11. The van der Waals surface area contributed by atoms with Gasteiger partial charge < -0.3 is 19.4 Å². The highest BCUT2D eigenvalue weighted by Crippen LogP contribution is 2.30. The molecule has 0 bridgehead atoms. The van der Waals surface area contributed by atoms with Crippen LogP contribution in [0, 0.1) is 10.1 Å². The predicted octanol–water partition coefficient (Wildman–Crippen LogP) is 3.04. The summed E-state index contributed by atoms with van der Waals surface area (Å²) in [5.41, 5.74) is 1.58. The molecule has 8 nitrogen and oxygen atoms in total. The van der Waals surface area contributed by atoms with E-state index in [0.29, 0.717) is 18.9 Å². The molecule has 0 spiro atoms. The zero-order valence-corrected chi connectivity index (χ0v) is 14.1. The van der Waals surface area contributed by atoms with E-state index in [-0.39, 0.29) is 5.76 Å². The van der Waals surface area contributed by atoms with E-state index in [4.69, 9.17) is 9.15 Å². The van der Waals surface area contributed by atoms with Crippen molar-refractivity contribution in [2.45, 2.75) is 0 Å². The van der Waals surface area contributed by atoms with Crippen LogP contribution >= 0.6 is 15.9 Å². The fourth-order valence-electron chi connectivity index (χ4n) is 2.39. The van der Waals surface area contributed by atoms with E-state index in [2.05, 4.69) is 26.1 Å². The molecular weight excluding hydrogens is 382 g/mol. The van der Waals surface area contributed by atoms with Crippen molar-refractivity contribution in [1.29, 1.82) is 0 Å². The molecule has 126 valence electrons. The Morgan fingerprint density at radius 2 is 2.00 bits per heavy atom. The minimum Gasteiger partial charge on any atom is -0.395 e. The highest BCUT2D eigenvalue weighted by Gasteiger charge is 2.18.